The quantitative estimate of drug-likeness (QED) is 0.806. The van der Waals surface area contributed by atoms with E-state index in [1.165, 1.54) is 18.2 Å². The molecule has 0 saturated carbocycles. The van der Waals surface area contributed by atoms with Crippen LogP contribution in [-0.4, -0.2) is 22.9 Å². The molecule has 1 N–H and O–H groups in total. The zero-order valence-corrected chi connectivity index (χ0v) is 13.9. The molecule has 0 bridgehead atoms. The minimum Gasteiger partial charge on any atom is -0.208 e. The molecule has 8 heteroatoms. The Labute approximate surface area is 124 Å². The predicted molar refractivity (Wildman–Crippen MR) is 78.7 cm³/mol. The molecular formula is C12H18ClNO4S2. The fraction of sp³-hybridized carbons (Fsp3) is 0.500. The first-order chi connectivity index (χ1) is 9.02. The SMILES string of the molecule is CC(C)CC(C)NS(=O)(=O)c1cccc(S(=O)(=O)Cl)c1. The molecule has 0 aliphatic heterocycles. The third-order valence-corrected chi connectivity index (χ3v) is 5.52. The van der Waals surface area contributed by atoms with Gasteiger partial charge in [-0.2, -0.15) is 0 Å². The maximum Gasteiger partial charge on any atom is 0.261 e. The lowest BCUT2D eigenvalue weighted by Gasteiger charge is -2.16. The Morgan fingerprint density at radius 3 is 2.15 bits per heavy atom. The molecule has 114 valence electrons. The van der Waals surface area contributed by atoms with Gasteiger partial charge < -0.3 is 0 Å². The van der Waals surface area contributed by atoms with Crippen molar-refractivity contribution in [3.63, 3.8) is 0 Å². The Morgan fingerprint density at radius 2 is 1.65 bits per heavy atom. The number of sulfonamides is 1. The van der Waals surface area contributed by atoms with Gasteiger partial charge in [0.15, 0.2) is 0 Å². The highest BCUT2D eigenvalue weighted by Gasteiger charge is 2.20. The summed E-state index contributed by atoms with van der Waals surface area (Å²) in [6, 6.07) is 4.73. The second-order valence-electron chi connectivity index (χ2n) is 5.06. The molecule has 0 radical (unpaired) electrons. The second kappa shape index (κ2) is 6.43. The van der Waals surface area contributed by atoms with E-state index in [1.54, 1.807) is 6.92 Å². The Balaban J connectivity index is 3.05. The zero-order chi connectivity index (χ0) is 15.6. The van der Waals surface area contributed by atoms with Crippen LogP contribution in [0.2, 0.25) is 0 Å². The largest absolute Gasteiger partial charge is 0.261 e. The number of benzene rings is 1. The molecule has 1 atom stereocenters. The number of hydrogen-bond donors (Lipinski definition) is 1. The van der Waals surface area contributed by atoms with Crippen molar-refractivity contribution in [1.82, 2.24) is 4.72 Å². The van der Waals surface area contributed by atoms with E-state index in [0.717, 1.165) is 6.07 Å². The monoisotopic (exact) mass is 339 g/mol. The van der Waals surface area contributed by atoms with E-state index in [1.807, 2.05) is 13.8 Å². The number of hydrogen-bond acceptors (Lipinski definition) is 4. The summed E-state index contributed by atoms with van der Waals surface area (Å²) in [5.74, 6) is 0.349. The Kier molecular flexibility index (Phi) is 5.60. The van der Waals surface area contributed by atoms with Crippen molar-refractivity contribution in [1.29, 1.82) is 0 Å². The molecule has 0 aromatic heterocycles. The van der Waals surface area contributed by atoms with E-state index in [-0.39, 0.29) is 15.8 Å². The topological polar surface area (TPSA) is 80.3 Å². The van der Waals surface area contributed by atoms with Gasteiger partial charge in [-0.1, -0.05) is 19.9 Å². The van der Waals surface area contributed by atoms with Crippen LogP contribution in [-0.2, 0) is 19.1 Å². The van der Waals surface area contributed by atoms with Gasteiger partial charge >= 0.3 is 0 Å². The van der Waals surface area contributed by atoms with Gasteiger partial charge in [-0.15, -0.1) is 0 Å². The minimum atomic E-state index is -3.95. The van der Waals surface area contributed by atoms with Crippen molar-refractivity contribution in [2.24, 2.45) is 5.92 Å². The molecular weight excluding hydrogens is 322 g/mol. The number of halogens is 1. The van der Waals surface area contributed by atoms with Gasteiger partial charge in [-0.3, -0.25) is 0 Å². The van der Waals surface area contributed by atoms with Gasteiger partial charge in [0.25, 0.3) is 9.05 Å². The lowest BCUT2D eigenvalue weighted by molar-refractivity contribution is 0.482. The molecule has 0 saturated heterocycles. The molecule has 0 amide bonds. The average Bonchev–Trinajstić information content (AvgIpc) is 2.26. The lowest BCUT2D eigenvalue weighted by atomic mass is 10.1. The van der Waals surface area contributed by atoms with Crippen LogP contribution in [0.15, 0.2) is 34.1 Å². The van der Waals surface area contributed by atoms with Crippen LogP contribution in [0.5, 0.6) is 0 Å². The van der Waals surface area contributed by atoms with E-state index in [9.17, 15) is 16.8 Å². The maximum atomic E-state index is 12.2. The zero-order valence-electron chi connectivity index (χ0n) is 11.5. The molecule has 1 unspecified atom stereocenters. The van der Waals surface area contributed by atoms with Gasteiger partial charge in [-0.25, -0.2) is 21.6 Å². The first kappa shape index (κ1) is 17.4. The van der Waals surface area contributed by atoms with Gasteiger partial charge in [0.2, 0.25) is 10.0 Å². The third-order valence-electron chi connectivity index (χ3n) is 2.58. The summed E-state index contributed by atoms with van der Waals surface area (Å²) in [6.45, 7) is 5.75. The summed E-state index contributed by atoms with van der Waals surface area (Å²) in [7, 11) is -2.50. The number of rotatable bonds is 6. The van der Waals surface area contributed by atoms with Crippen LogP contribution >= 0.6 is 10.7 Å². The van der Waals surface area contributed by atoms with Gasteiger partial charge in [0, 0.05) is 16.7 Å². The first-order valence-electron chi connectivity index (χ1n) is 6.09. The van der Waals surface area contributed by atoms with Gasteiger partial charge in [-0.05, 0) is 37.5 Å². The summed E-state index contributed by atoms with van der Waals surface area (Å²) in [5.41, 5.74) is 0. The van der Waals surface area contributed by atoms with Crippen molar-refractivity contribution in [3.8, 4) is 0 Å². The summed E-state index contributed by atoms with van der Waals surface area (Å²) < 4.78 is 49.3. The fourth-order valence-corrected chi connectivity index (χ4v) is 4.05. The van der Waals surface area contributed by atoms with Crippen molar-refractivity contribution in [2.45, 2.75) is 43.0 Å². The minimum absolute atomic E-state index is 0.116. The molecule has 0 heterocycles. The summed E-state index contributed by atoms with van der Waals surface area (Å²) >= 11 is 0. The third kappa shape index (κ3) is 5.05. The van der Waals surface area contributed by atoms with Crippen molar-refractivity contribution >= 4 is 29.8 Å². The van der Waals surface area contributed by atoms with E-state index in [2.05, 4.69) is 4.72 Å². The van der Waals surface area contributed by atoms with Crippen LogP contribution < -0.4 is 4.72 Å². The summed E-state index contributed by atoms with van der Waals surface area (Å²) in [5, 5.41) is 0. The Hall–Kier alpha value is -0.630. The van der Waals surface area contributed by atoms with Crippen LogP contribution in [0.3, 0.4) is 0 Å². The molecule has 0 aliphatic rings. The van der Waals surface area contributed by atoms with E-state index in [4.69, 9.17) is 10.7 Å². The summed E-state index contributed by atoms with van der Waals surface area (Å²) in [6.07, 6.45) is 0.687. The van der Waals surface area contributed by atoms with E-state index in [0.29, 0.717) is 12.3 Å². The van der Waals surface area contributed by atoms with E-state index >= 15 is 0 Å². The molecule has 0 fully saturated rings. The van der Waals surface area contributed by atoms with Crippen molar-refractivity contribution in [2.75, 3.05) is 0 Å². The highest BCUT2D eigenvalue weighted by molar-refractivity contribution is 8.13. The normalized spacial score (nSPS) is 14.4. The van der Waals surface area contributed by atoms with E-state index < -0.39 is 19.1 Å². The van der Waals surface area contributed by atoms with Gasteiger partial charge in [0.05, 0.1) is 9.79 Å². The highest BCUT2D eigenvalue weighted by Crippen LogP contribution is 2.19. The standard InChI is InChI=1S/C12H18ClNO4S2/c1-9(2)7-10(3)14-20(17,18)12-6-4-5-11(8-12)19(13,15)16/h4-6,8-10,14H,7H2,1-3H3. The lowest BCUT2D eigenvalue weighted by Crippen LogP contribution is -2.33. The van der Waals surface area contributed by atoms with Gasteiger partial charge in [0.1, 0.15) is 0 Å². The molecule has 1 rings (SSSR count). The summed E-state index contributed by atoms with van der Waals surface area (Å²) in [4.78, 5) is -0.353. The second-order valence-corrected chi connectivity index (χ2v) is 9.34. The molecule has 0 aliphatic carbocycles. The molecule has 5 nitrogen and oxygen atoms in total. The molecule has 0 spiro atoms. The predicted octanol–water partition coefficient (Wildman–Crippen LogP) is 2.33. The molecule has 1 aromatic carbocycles. The van der Waals surface area contributed by atoms with Crippen molar-refractivity contribution < 1.29 is 16.8 Å². The highest BCUT2D eigenvalue weighted by atomic mass is 35.7. The van der Waals surface area contributed by atoms with Crippen molar-refractivity contribution in [3.05, 3.63) is 24.3 Å². The smallest absolute Gasteiger partial charge is 0.208 e. The Bertz CT molecular complexity index is 668. The van der Waals surface area contributed by atoms with Crippen LogP contribution in [0.4, 0.5) is 0 Å². The van der Waals surface area contributed by atoms with Crippen LogP contribution in [0.25, 0.3) is 0 Å². The number of nitrogens with one attached hydrogen (secondary N) is 1. The Morgan fingerprint density at radius 1 is 1.10 bits per heavy atom. The fourth-order valence-electron chi connectivity index (χ4n) is 1.88. The van der Waals surface area contributed by atoms with Crippen LogP contribution in [0.1, 0.15) is 27.2 Å². The maximum absolute atomic E-state index is 12.2. The van der Waals surface area contributed by atoms with Crippen LogP contribution in [0, 0.1) is 5.92 Å². The molecule has 1 aromatic rings. The molecule has 20 heavy (non-hydrogen) atoms. The first-order valence-corrected chi connectivity index (χ1v) is 9.88. The average molecular weight is 340 g/mol.